The average molecular weight is 250 g/mol. The first kappa shape index (κ1) is 8.04. The molecule has 1 rings (SSSR count). The maximum Gasteiger partial charge on any atom is 0.118 e. The molecule has 3 heteroatoms. The van der Waals surface area contributed by atoms with Crippen LogP contribution < -0.4 is 0 Å². The summed E-state index contributed by atoms with van der Waals surface area (Å²) in [6.45, 7) is 3.27. The summed E-state index contributed by atoms with van der Waals surface area (Å²) in [6.07, 6.45) is 5.08. The lowest BCUT2D eigenvalue weighted by Crippen LogP contribution is -1.99. The second-order valence-electron chi connectivity index (χ2n) is 2.17. The normalized spacial score (nSPS) is 10.2. The van der Waals surface area contributed by atoms with Gasteiger partial charge in [-0.1, -0.05) is 29.5 Å². The van der Waals surface area contributed by atoms with Gasteiger partial charge in [0.05, 0.1) is 4.43 Å². The molecule has 1 aromatic rings. The van der Waals surface area contributed by atoms with E-state index in [0.717, 1.165) is 11.0 Å². The van der Waals surface area contributed by atoms with Crippen LogP contribution in [0.3, 0.4) is 0 Å². The van der Waals surface area contributed by atoms with Crippen LogP contribution >= 0.6 is 22.6 Å². The molecule has 0 aliphatic carbocycles. The van der Waals surface area contributed by atoms with Crippen LogP contribution in [0.1, 0.15) is 19.2 Å². The topological polar surface area (TPSA) is 17.8 Å². The summed E-state index contributed by atoms with van der Waals surface area (Å²) in [6, 6.07) is 0. The smallest absolute Gasteiger partial charge is 0.118 e. The summed E-state index contributed by atoms with van der Waals surface area (Å²) < 4.78 is 3.21. The SMILES string of the molecule is CCCn1ccnc1CI. The van der Waals surface area contributed by atoms with Gasteiger partial charge < -0.3 is 4.57 Å². The van der Waals surface area contributed by atoms with E-state index >= 15 is 0 Å². The molecule has 0 saturated heterocycles. The van der Waals surface area contributed by atoms with Crippen molar-refractivity contribution in [2.45, 2.75) is 24.3 Å². The highest BCUT2D eigenvalue weighted by molar-refractivity contribution is 14.1. The van der Waals surface area contributed by atoms with Crippen LogP contribution in [-0.4, -0.2) is 9.55 Å². The van der Waals surface area contributed by atoms with E-state index in [1.807, 2.05) is 12.4 Å². The predicted molar refractivity (Wildman–Crippen MR) is 50.2 cm³/mol. The molecule has 0 atom stereocenters. The Morgan fingerprint density at radius 3 is 3.10 bits per heavy atom. The van der Waals surface area contributed by atoms with Crippen LogP contribution in [0.25, 0.3) is 0 Å². The molecule has 2 nitrogen and oxygen atoms in total. The predicted octanol–water partition coefficient (Wildman–Crippen LogP) is 2.23. The van der Waals surface area contributed by atoms with Gasteiger partial charge in [0.25, 0.3) is 0 Å². The highest BCUT2D eigenvalue weighted by Crippen LogP contribution is 2.03. The molecule has 0 aliphatic heterocycles. The Kier molecular flexibility index (Phi) is 3.18. The Bertz CT molecular complexity index is 195. The number of rotatable bonds is 3. The third kappa shape index (κ3) is 1.71. The molecule has 0 aromatic carbocycles. The van der Waals surface area contributed by atoms with Crippen LogP contribution in [0.2, 0.25) is 0 Å². The zero-order valence-electron chi connectivity index (χ0n) is 6.05. The van der Waals surface area contributed by atoms with Crippen molar-refractivity contribution in [2.75, 3.05) is 0 Å². The first-order valence-electron chi connectivity index (χ1n) is 3.44. The maximum atomic E-state index is 4.21. The Labute approximate surface area is 74.8 Å². The van der Waals surface area contributed by atoms with E-state index in [1.54, 1.807) is 0 Å². The maximum absolute atomic E-state index is 4.21. The molecular weight excluding hydrogens is 239 g/mol. The Balaban J connectivity index is 2.70. The third-order valence-electron chi connectivity index (χ3n) is 1.39. The molecule has 56 valence electrons. The van der Waals surface area contributed by atoms with Gasteiger partial charge in [0.15, 0.2) is 0 Å². The van der Waals surface area contributed by atoms with Crippen LogP contribution in [0.5, 0.6) is 0 Å². The van der Waals surface area contributed by atoms with E-state index in [4.69, 9.17) is 0 Å². The summed E-state index contributed by atoms with van der Waals surface area (Å²) in [4.78, 5) is 4.21. The van der Waals surface area contributed by atoms with E-state index < -0.39 is 0 Å². The lowest BCUT2D eigenvalue weighted by molar-refractivity contribution is 0.657. The first-order valence-corrected chi connectivity index (χ1v) is 4.97. The van der Waals surface area contributed by atoms with Crippen molar-refractivity contribution >= 4 is 22.6 Å². The average Bonchev–Trinajstić information content (AvgIpc) is 2.36. The third-order valence-corrected chi connectivity index (χ3v) is 2.07. The number of aromatic nitrogens is 2. The van der Waals surface area contributed by atoms with Gasteiger partial charge >= 0.3 is 0 Å². The summed E-state index contributed by atoms with van der Waals surface area (Å²) >= 11 is 2.33. The van der Waals surface area contributed by atoms with Gasteiger partial charge in [-0.2, -0.15) is 0 Å². The van der Waals surface area contributed by atoms with E-state index in [-0.39, 0.29) is 0 Å². The van der Waals surface area contributed by atoms with Gasteiger partial charge in [-0.25, -0.2) is 4.98 Å². The number of imidazole rings is 1. The number of halogens is 1. The molecule has 1 heterocycles. The summed E-state index contributed by atoms with van der Waals surface area (Å²) in [5.74, 6) is 1.18. The molecule has 0 bridgehead atoms. The number of nitrogens with zero attached hydrogens (tertiary/aromatic N) is 2. The standard InChI is InChI=1S/C7H11IN2/c1-2-4-10-5-3-9-7(10)6-8/h3,5H,2,4,6H2,1H3. The molecule has 0 saturated carbocycles. The second-order valence-corrected chi connectivity index (χ2v) is 2.93. The Morgan fingerprint density at radius 2 is 2.50 bits per heavy atom. The lowest BCUT2D eigenvalue weighted by Gasteiger charge is -2.01. The molecule has 0 aliphatic rings. The van der Waals surface area contributed by atoms with Gasteiger partial charge in [0, 0.05) is 18.9 Å². The molecule has 0 radical (unpaired) electrons. The van der Waals surface area contributed by atoms with Gasteiger partial charge in [0.1, 0.15) is 5.82 Å². The van der Waals surface area contributed by atoms with Crippen molar-refractivity contribution in [1.29, 1.82) is 0 Å². The monoisotopic (exact) mass is 250 g/mol. The van der Waals surface area contributed by atoms with Crippen LogP contribution in [0, 0.1) is 0 Å². The van der Waals surface area contributed by atoms with E-state index in [2.05, 4.69) is 39.1 Å². The Morgan fingerprint density at radius 1 is 1.70 bits per heavy atom. The van der Waals surface area contributed by atoms with Crippen molar-refractivity contribution in [3.8, 4) is 0 Å². The summed E-state index contributed by atoms with van der Waals surface area (Å²) in [5, 5.41) is 0. The molecule has 0 fully saturated rings. The van der Waals surface area contributed by atoms with E-state index in [0.29, 0.717) is 0 Å². The van der Waals surface area contributed by atoms with Crippen molar-refractivity contribution in [2.24, 2.45) is 0 Å². The minimum absolute atomic E-state index is 1.00. The van der Waals surface area contributed by atoms with Crippen molar-refractivity contribution in [3.63, 3.8) is 0 Å². The molecular formula is C7H11IN2. The van der Waals surface area contributed by atoms with Gasteiger partial charge in [-0.05, 0) is 6.42 Å². The fraction of sp³-hybridized carbons (Fsp3) is 0.571. The fourth-order valence-corrected chi connectivity index (χ4v) is 1.55. The summed E-state index contributed by atoms with van der Waals surface area (Å²) in [7, 11) is 0. The van der Waals surface area contributed by atoms with Crippen LogP contribution in [0.15, 0.2) is 12.4 Å². The minimum atomic E-state index is 1.00. The van der Waals surface area contributed by atoms with Gasteiger partial charge in [0.2, 0.25) is 0 Å². The number of aryl methyl sites for hydroxylation is 1. The summed E-state index contributed by atoms with van der Waals surface area (Å²) in [5.41, 5.74) is 0. The molecule has 0 unspecified atom stereocenters. The minimum Gasteiger partial charge on any atom is -0.334 e. The van der Waals surface area contributed by atoms with Crippen LogP contribution in [-0.2, 0) is 11.0 Å². The zero-order valence-corrected chi connectivity index (χ0v) is 8.21. The van der Waals surface area contributed by atoms with Crippen LogP contribution in [0.4, 0.5) is 0 Å². The van der Waals surface area contributed by atoms with Gasteiger partial charge in [-0.15, -0.1) is 0 Å². The highest BCUT2D eigenvalue weighted by atomic mass is 127. The quantitative estimate of drug-likeness (QED) is 0.594. The van der Waals surface area contributed by atoms with Crippen molar-refractivity contribution < 1.29 is 0 Å². The van der Waals surface area contributed by atoms with Crippen molar-refractivity contribution in [1.82, 2.24) is 9.55 Å². The number of hydrogen-bond donors (Lipinski definition) is 0. The second kappa shape index (κ2) is 3.95. The number of hydrogen-bond acceptors (Lipinski definition) is 1. The first-order chi connectivity index (χ1) is 4.88. The van der Waals surface area contributed by atoms with Gasteiger partial charge in [-0.3, -0.25) is 0 Å². The van der Waals surface area contributed by atoms with E-state index in [9.17, 15) is 0 Å². The highest BCUT2D eigenvalue weighted by Gasteiger charge is 1.96. The molecule has 10 heavy (non-hydrogen) atoms. The molecule has 0 amide bonds. The molecule has 0 spiro atoms. The van der Waals surface area contributed by atoms with Crippen molar-refractivity contribution in [3.05, 3.63) is 18.2 Å². The Hall–Kier alpha value is -0.0600. The fourth-order valence-electron chi connectivity index (χ4n) is 0.916. The molecule has 1 aromatic heterocycles. The lowest BCUT2D eigenvalue weighted by atomic mass is 10.5. The molecule has 0 N–H and O–H groups in total. The largest absolute Gasteiger partial charge is 0.334 e. The number of alkyl halides is 1. The van der Waals surface area contributed by atoms with E-state index in [1.165, 1.54) is 12.2 Å². The zero-order chi connectivity index (χ0) is 7.40.